The van der Waals surface area contributed by atoms with Crippen LogP contribution < -0.4 is 4.74 Å². The zero-order valence-corrected chi connectivity index (χ0v) is 9.62. The Bertz CT molecular complexity index is 312. The van der Waals surface area contributed by atoms with Gasteiger partial charge in [-0.3, -0.25) is 4.79 Å². The molecule has 2 nitrogen and oxygen atoms in total. The molecule has 0 aromatic heterocycles. The molecule has 0 aliphatic rings. The number of hydrogen-bond donors (Lipinski definition) is 0. The first-order valence-corrected chi connectivity index (χ1v) is 5.44. The molecule has 0 unspecified atom stereocenters. The summed E-state index contributed by atoms with van der Waals surface area (Å²) >= 11 is 0. The Morgan fingerprint density at radius 2 is 1.87 bits per heavy atom. The van der Waals surface area contributed by atoms with Gasteiger partial charge in [-0.1, -0.05) is 39.3 Å². The Labute approximate surface area is 91.3 Å². The molecule has 0 aliphatic heterocycles. The molecule has 0 saturated heterocycles. The maximum atomic E-state index is 11.3. The monoisotopic (exact) mass is 206 g/mol. The Balaban J connectivity index is 2.60. The number of rotatable bonds is 4. The maximum Gasteiger partial charge on any atom is 0.313 e. The first kappa shape index (κ1) is 11.8. The van der Waals surface area contributed by atoms with Crippen LogP contribution in [-0.4, -0.2) is 5.97 Å². The largest absolute Gasteiger partial charge is 0.426 e. The van der Waals surface area contributed by atoms with E-state index in [1.54, 1.807) is 0 Å². The number of esters is 1. The zero-order chi connectivity index (χ0) is 11.3. The van der Waals surface area contributed by atoms with Crippen molar-refractivity contribution >= 4 is 5.97 Å². The van der Waals surface area contributed by atoms with Crippen LogP contribution in [0.3, 0.4) is 0 Å². The van der Waals surface area contributed by atoms with Crippen molar-refractivity contribution < 1.29 is 9.53 Å². The minimum absolute atomic E-state index is 0.0830. The molecule has 0 spiro atoms. The van der Waals surface area contributed by atoms with Crippen LogP contribution in [0.2, 0.25) is 0 Å². The molecule has 0 heterocycles. The van der Waals surface area contributed by atoms with Crippen molar-refractivity contribution in [3.8, 4) is 5.75 Å². The van der Waals surface area contributed by atoms with Crippen molar-refractivity contribution in [1.82, 2.24) is 0 Å². The smallest absolute Gasteiger partial charge is 0.313 e. The van der Waals surface area contributed by atoms with E-state index in [2.05, 4.69) is 6.92 Å². The van der Waals surface area contributed by atoms with Crippen LogP contribution in [-0.2, 0) is 11.2 Å². The first-order chi connectivity index (χ1) is 7.13. The number of carbonyl (C=O) groups excluding carboxylic acids is 1. The van der Waals surface area contributed by atoms with Crippen LogP contribution in [0.25, 0.3) is 0 Å². The summed E-state index contributed by atoms with van der Waals surface area (Å²) in [6.45, 7) is 5.80. The van der Waals surface area contributed by atoms with Crippen LogP contribution >= 0.6 is 0 Å². The maximum absolute atomic E-state index is 11.3. The van der Waals surface area contributed by atoms with Gasteiger partial charge in [0.2, 0.25) is 0 Å². The Morgan fingerprint density at radius 3 is 2.33 bits per heavy atom. The number of aryl methyl sites for hydroxylation is 1. The summed E-state index contributed by atoms with van der Waals surface area (Å²) in [7, 11) is 0. The van der Waals surface area contributed by atoms with Crippen LogP contribution in [0.15, 0.2) is 24.3 Å². The predicted octanol–water partition coefficient (Wildman–Crippen LogP) is 3.20. The molecule has 1 aromatic carbocycles. The van der Waals surface area contributed by atoms with Gasteiger partial charge in [0.15, 0.2) is 0 Å². The summed E-state index contributed by atoms with van der Waals surface area (Å²) < 4.78 is 5.17. The lowest BCUT2D eigenvalue weighted by Crippen LogP contribution is -2.14. The first-order valence-electron chi connectivity index (χ1n) is 5.44. The van der Waals surface area contributed by atoms with E-state index >= 15 is 0 Å². The summed E-state index contributed by atoms with van der Waals surface area (Å²) in [6.07, 6.45) is 2.20. The highest BCUT2D eigenvalue weighted by atomic mass is 16.5. The molecule has 0 fully saturated rings. The van der Waals surface area contributed by atoms with Gasteiger partial charge in [-0.25, -0.2) is 0 Å². The van der Waals surface area contributed by atoms with E-state index in [1.165, 1.54) is 5.56 Å². The highest BCUT2D eigenvalue weighted by molar-refractivity contribution is 5.74. The predicted molar refractivity (Wildman–Crippen MR) is 60.9 cm³/mol. The molecule has 0 atom stereocenters. The summed E-state index contributed by atoms with van der Waals surface area (Å²) in [5.41, 5.74) is 1.28. The molecule has 1 rings (SSSR count). The second-order valence-electron chi connectivity index (χ2n) is 3.97. The van der Waals surface area contributed by atoms with E-state index < -0.39 is 0 Å². The molecule has 0 bridgehead atoms. The second kappa shape index (κ2) is 5.54. The fourth-order valence-corrected chi connectivity index (χ4v) is 1.25. The second-order valence-corrected chi connectivity index (χ2v) is 3.97. The lowest BCUT2D eigenvalue weighted by atomic mass is 10.1. The van der Waals surface area contributed by atoms with Gasteiger partial charge in [0.1, 0.15) is 5.75 Å². The van der Waals surface area contributed by atoms with Gasteiger partial charge in [-0.05, 0) is 24.1 Å². The van der Waals surface area contributed by atoms with E-state index in [9.17, 15) is 4.79 Å². The lowest BCUT2D eigenvalue weighted by Gasteiger charge is -2.07. The van der Waals surface area contributed by atoms with Crippen molar-refractivity contribution in [3.63, 3.8) is 0 Å². The van der Waals surface area contributed by atoms with Crippen molar-refractivity contribution in [2.24, 2.45) is 5.92 Å². The Kier molecular flexibility index (Phi) is 4.35. The van der Waals surface area contributed by atoms with Gasteiger partial charge < -0.3 is 4.74 Å². The molecular weight excluding hydrogens is 188 g/mol. The average Bonchev–Trinajstić information content (AvgIpc) is 2.21. The summed E-state index contributed by atoms with van der Waals surface area (Å²) in [4.78, 5) is 11.3. The van der Waals surface area contributed by atoms with Gasteiger partial charge in [-0.2, -0.15) is 0 Å². The minimum Gasteiger partial charge on any atom is -0.426 e. The third-order valence-electron chi connectivity index (χ3n) is 2.15. The van der Waals surface area contributed by atoms with Crippen LogP contribution in [0.1, 0.15) is 32.8 Å². The third kappa shape index (κ3) is 3.74. The van der Waals surface area contributed by atoms with E-state index in [0.29, 0.717) is 5.75 Å². The fourth-order valence-electron chi connectivity index (χ4n) is 1.25. The Hall–Kier alpha value is -1.31. The summed E-state index contributed by atoms with van der Waals surface area (Å²) in [5.74, 6) is 0.368. The number of carbonyl (C=O) groups is 1. The molecule has 2 heteroatoms. The Morgan fingerprint density at radius 1 is 1.27 bits per heavy atom. The quantitative estimate of drug-likeness (QED) is 0.558. The molecule has 0 radical (unpaired) electrons. The number of ether oxygens (including phenoxy) is 1. The lowest BCUT2D eigenvalue weighted by molar-refractivity contribution is -0.137. The van der Waals surface area contributed by atoms with Crippen molar-refractivity contribution in [2.75, 3.05) is 0 Å². The van der Waals surface area contributed by atoms with Gasteiger partial charge in [-0.15, -0.1) is 0 Å². The van der Waals surface area contributed by atoms with Gasteiger partial charge in [0.25, 0.3) is 0 Å². The zero-order valence-electron chi connectivity index (χ0n) is 9.62. The third-order valence-corrected chi connectivity index (χ3v) is 2.15. The average molecular weight is 206 g/mol. The van der Waals surface area contributed by atoms with Gasteiger partial charge >= 0.3 is 5.97 Å². The molecule has 82 valence electrons. The molecule has 0 aliphatic carbocycles. The fraction of sp³-hybridized carbons (Fsp3) is 0.462. The van der Waals surface area contributed by atoms with E-state index in [0.717, 1.165) is 12.8 Å². The highest BCUT2D eigenvalue weighted by Crippen LogP contribution is 2.14. The van der Waals surface area contributed by atoms with Crippen molar-refractivity contribution in [3.05, 3.63) is 29.8 Å². The molecule has 15 heavy (non-hydrogen) atoms. The molecular formula is C13H18O2. The van der Waals surface area contributed by atoms with Crippen LogP contribution in [0, 0.1) is 5.92 Å². The standard InChI is InChI=1S/C13H18O2/c1-4-5-11-6-8-12(9-7-11)15-13(14)10(2)3/h6-10H,4-5H2,1-3H3. The normalized spacial score (nSPS) is 10.4. The molecule has 1 aromatic rings. The van der Waals surface area contributed by atoms with Crippen molar-refractivity contribution in [1.29, 1.82) is 0 Å². The minimum atomic E-state index is -0.182. The van der Waals surface area contributed by atoms with E-state index in [-0.39, 0.29) is 11.9 Å². The number of hydrogen-bond acceptors (Lipinski definition) is 2. The highest BCUT2D eigenvalue weighted by Gasteiger charge is 2.09. The van der Waals surface area contributed by atoms with E-state index in [1.807, 2.05) is 38.1 Å². The SMILES string of the molecule is CCCc1ccc(OC(=O)C(C)C)cc1. The molecule has 0 saturated carbocycles. The van der Waals surface area contributed by atoms with Gasteiger partial charge in [0, 0.05) is 0 Å². The van der Waals surface area contributed by atoms with Gasteiger partial charge in [0.05, 0.1) is 5.92 Å². The molecule has 0 N–H and O–H groups in total. The summed E-state index contributed by atoms with van der Waals surface area (Å²) in [5, 5.41) is 0. The number of benzene rings is 1. The van der Waals surface area contributed by atoms with Crippen LogP contribution in [0.5, 0.6) is 5.75 Å². The molecule has 0 amide bonds. The van der Waals surface area contributed by atoms with Crippen LogP contribution in [0.4, 0.5) is 0 Å². The summed E-state index contributed by atoms with van der Waals surface area (Å²) in [6, 6.07) is 7.72. The van der Waals surface area contributed by atoms with E-state index in [4.69, 9.17) is 4.74 Å². The topological polar surface area (TPSA) is 26.3 Å². The van der Waals surface area contributed by atoms with Crippen molar-refractivity contribution in [2.45, 2.75) is 33.6 Å².